The normalized spacial score (nSPS) is 16.3. The lowest BCUT2D eigenvalue weighted by Crippen LogP contribution is -2.40. The lowest BCUT2D eigenvalue weighted by Gasteiger charge is -2.32. The second-order valence-electron chi connectivity index (χ2n) is 9.19. The molecule has 1 atom stereocenters. The summed E-state index contributed by atoms with van der Waals surface area (Å²) in [7, 11) is 0. The number of rotatable bonds is 5. The van der Waals surface area contributed by atoms with E-state index in [-0.39, 0.29) is 30.5 Å². The average Bonchev–Trinajstić information content (AvgIpc) is 3.60. The zero-order valence-electron chi connectivity index (χ0n) is 20.8. The predicted molar refractivity (Wildman–Crippen MR) is 146 cm³/mol. The molecule has 39 heavy (non-hydrogen) atoms. The van der Waals surface area contributed by atoms with Gasteiger partial charge in [-0.1, -0.05) is 30.3 Å². The molecule has 1 saturated heterocycles. The fraction of sp³-hybridized carbons (Fsp3) is 0.222. The molecular weight excluding hydrogens is 522 g/mol. The number of carbonyl (C=O) groups excluding carboxylic acids is 2. The van der Waals surface area contributed by atoms with Crippen LogP contribution in [0.4, 0.5) is 11.5 Å². The van der Waals surface area contributed by atoms with Crippen LogP contribution in [0.2, 0.25) is 5.02 Å². The number of hydrogen-bond acceptors (Lipinski definition) is 8. The van der Waals surface area contributed by atoms with Gasteiger partial charge in [0.15, 0.2) is 17.1 Å². The third-order valence-corrected chi connectivity index (χ3v) is 7.22. The lowest BCUT2D eigenvalue weighted by molar-refractivity contribution is -0.127. The highest BCUT2D eigenvalue weighted by atomic mass is 35.5. The van der Waals surface area contributed by atoms with Crippen molar-refractivity contribution in [2.45, 2.75) is 18.9 Å². The largest absolute Gasteiger partial charge is 0.453 e. The number of aromatic nitrogens is 4. The number of fused-ring (bicyclic) bond motifs is 2. The Hall–Kier alpha value is -4.64. The molecule has 4 heterocycles. The molecule has 2 aliphatic rings. The molecule has 2 amide bonds. The minimum Gasteiger partial charge on any atom is -0.453 e. The molecule has 2 aliphatic heterocycles. The fourth-order valence-electron chi connectivity index (χ4n) is 5.04. The molecule has 0 spiro atoms. The minimum atomic E-state index is -0.380. The molecule has 11 nitrogen and oxygen atoms in total. The van der Waals surface area contributed by atoms with Crippen molar-refractivity contribution in [1.29, 1.82) is 0 Å². The summed E-state index contributed by atoms with van der Waals surface area (Å²) in [6.45, 7) is 4.70. The van der Waals surface area contributed by atoms with E-state index in [2.05, 4.69) is 21.9 Å². The molecule has 6 rings (SSSR count). The van der Waals surface area contributed by atoms with Crippen LogP contribution in [-0.4, -0.2) is 56.3 Å². The van der Waals surface area contributed by atoms with Crippen molar-refractivity contribution in [3.8, 4) is 22.8 Å². The Kier molecular flexibility index (Phi) is 6.27. The Labute approximate surface area is 228 Å². The van der Waals surface area contributed by atoms with Crippen LogP contribution in [0.5, 0.6) is 11.5 Å². The molecule has 0 unspecified atom stereocenters. The van der Waals surface area contributed by atoms with E-state index in [1.165, 1.54) is 12.4 Å². The second kappa shape index (κ2) is 9.91. The van der Waals surface area contributed by atoms with Gasteiger partial charge in [-0.3, -0.25) is 9.59 Å². The fourth-order valence-corrected chi connectivity index (χ4v) is 5.26. The van der Waals surface area contributed by atoms with Gasteiger partial charge in [-0.05, 0) is 43.2 Å². The molecule has 0 saturated carbocycles. The van der Waals surface area contributed by atoms with Crippen molar-refractivity contribution in [2.75, 3.05) is 30.9 Å². The molecule has 3 N–H and O–H groups in total. The highest BCUT2D eigenvalue weighted by molar-refractivity contribution is 6.34. The Morgan fingerprint density at radius 3 is 2.79 bits per heavy atom. The topological polar surface area (TPSA) is 137 Å². The van der Waals surface area contributed by atoms with Crippen LogP contribution in [0.25, 0.3) is 22.3 Å². The number of nitrogen functional groups attached to an aromatic ring is 1. The number of piperidine rings is 1. The monoisotopic (exact) mass is 545 g/mol. The molecule has 198 valence electrons. The van der Waals surface area contributed by atoms with Gasteiger partial charge in [-0.15, -0.1) is 0 Å². The standard InChI is InChI=1S/C27H24ClN7O4/c1-2-20(36)34-11-5-6-15(12-34)35-26-21(25(29)30-13-31-26)22(33-35)17-9-10-19(24-23(17)38-14-39-24)32-27(37)16-7-3-4-8-18(16)28/h2-4,7-10,13,15H,1,5-6,11-12,14H2,(H,32,37)(H2,29,30,31)/t15-/m1/s1. The summed E-state index contributed by atoms with van der Waals surface area (Å²) in [6.07, 6.45) is 4.34. The van der Waals surface area contributed by atoms with Crippen LogP contribution >= 0.6 is 11.6 Å². The molecule has 0 aliphatic carbocycles. The Morgan fingerprint density at radius 1 is 1.15 bits per heavy atom. The summed E-state index contributed by atoms with van der Waals surface area (Å²) >= 11 is 6.20. The number of nitrogens with zero attached hydrogens (tertiary/aromatic N) is 5. The maximum atomic E-state index is 12.9. The highest BCUT2D eigenvalue weighted by Gasteiger charge is 2.31. The molecular formula is C27H24ClN7O4. The molecule has 1 fully saturated rings. The molecule has 12 heteroatoms. The van der Waals surface area contributed by atoms with Crippen LogP contribution in [0.15, 0.2) is 55.4 Å². The highest BCUT2D eigenvalue weighted by Crippen LogP contribution is 2.48. The zero-order valence-corrected chi connectivity index (χ0v) is 21.5. The summed E-state index contributed by atoms with van der Waals surface area (Å²) < 4.78 is 13.4. The van der Waals surface area contributed by atoms with E-state index in [1.807, 2.05) is 0 Å². The number of benzene rings is 2. The van der Waals surface area contributed by atoms with Gasteiger partial charge in [0.25, 0.3) is 5.91 Å². The van der Waals surface area contributed by atoms with E-state index >= 15 is 0 Å². The number of hydrogen-bond donors (Lipinski definition) is 2. The van der Waals surface area contributed by atoms with Gasteiger partial charge in [0.05, 0.1) is 27.7 Å². The van der Waals surface area contributed by atoms with E-state index in [4.69, 9.17) is 31.9 Å². The van der Waals surface area contributed by atoms with Crippen LogP contribution in [0, 0.1) is 0 Å². The number of nitrogens with two attached hydrogens (primary N) is 1. The van der Waals surface area contributed by atoms with Crippen LogP contribution in [0.3, 0.4) is 0 Å². The van der Waals surface area contributed by atoms with Gasteiger partial charge in [-0.25, -0.2) is 14.6 Å². The number of anilines is 2. The van der Waals surface area contributed by atoms with E-state index in [9.17, 15) is 9.59 Å². The third kappa shape index (κ3) is 4.30. The maximum absolute atomic E-state index is 12.9. The molecule has 2 aromatic heterocycles. The maximum Gasteiger partial charge on any atom is 0.257 e. The Balaban J connectivity index is 1.41. The summed E-state index contributed by atoms with van der Waals surface area (Å²) in [5.74, 6) is 0.540. The smallest absolute Gasteiger partial charge is 0.257 e. The molecule has 4 aromatic rings. The average molecular weight is 546 g/mol. The van der Waals surface area contributed by atoms with Crippen molar-refractivity contribution in [3.63, 3.8) is 0 Å². The van der Waals surface area contributed by atoms with E-state index in [0.29, 0.717) is 63.2 Å². The first kappa shape index (κ1) is 24.7. The Bertz CT molecular complexity index is 1640. The number of likely N-dealkylation sites (tertiary alicyclic amines) is 1. The number of halogens is 1. The summed E-state index contributed by atoms with van der Waals surface area (Å²) in [5, 5.41) is 8.68. The quantitative estimate of drug-likeness (QED) is 0.358. The van der Waals surface area contributed by atoms with Crippen molar-refractivity contribution in [1.82, 2.24) is 24.6 Å². The van der Waals surface area contributed by atoms with Crippen molar-refractivity contribution in [2.24, 2.45) is 0 Å². The van der Waals surface area contributed by atoms with E-state index < -0.39 is 0 Å². The number of nitrogens with one attached hydrogen (secondary N) is 1. The SMILES string of the molecule is C=CC(=O)N1CCC[C@@H](n2nc(-c3ccc(NC(=O)c4ccccc4Cl)c4c3OCO4)c3c(N)ncnc32)C1. The van der Waals surface area contributed by atoms with Crippen molar-refractivity contribution in [3.05, 3.63) is 66.0 Å². The van der Waals surface area contributed by atoms with Gasteiger partial charge < -0.3 is 25.4 Å². The lowest BCUT2D eigenvalue weighted by atomic mass is 10.1. The van der Waals surface area contributed by atoms with Gasteiger partial charge in [0.1, 0.15) is 17.8 Å². The van der Waals surface area contributed by atoms with Gasteiger partial charge in [-0.2, -0.15) is 5.10 Å². The number of carbonyl (C=O) groups is 2. The predicted octanol–water partition coefficient (Wildman–Crippen LogP) is 4.06. The summed E-state index contributed by atoms with van der Waals surface area (Å²) in [5.41, 5.74) is 8.77. The minimum absolute atomic E-state index is 0.0345. The van der Waals surface area contributed by atoms with Crippen LogP contribution in [-0.2, 0) is 4.79 Å². The first-order chi connectivity index (χ1) is 19.0. The first-order valence-electron chi connectivity index (χ1n) is 12.3. The zero-order chi connectivity index (χ0) is 27.1. The van der Waals surface area contributed by atoms with Crippen molar-refractivity contribution >= 4 is 46.0 Å². The third-order valence-electron chi connectivity index (χ3n) is 6.89. The van der Waals surface area contributed by atoms with Gasteiger partial charge >= 0.3 is 0 Å². The van der Waals surface area contributed by atoms with Crippen LogP contribution in [0.1, 0.15) is 29.2 Å². The number of ether oxygens (including phenoxy) is 2. The number of amides is 2. The van der Waals surface area contributed by atoms with Crippen molar-refractivity contribution < 1.29 is 19.1 Å². The molecule has 0 bridgehead atoms. The summed E-state index contributed by atoms with van der Waals surface area (Å²) in [4.78, 5) is 35.6. The molecule has 2 aromatic carbocycles. The van der Waals surface area contributed by atoms with Gasteiger partial charge in [0, 0.05) is 18.7 Å². The van der Waals surface area contributed by atoms with E-state index in [1.54, 1.807) is 46.0 Å². The first-order valence-corrected chi connectivity index (χ1v) is 12.7. The molecule has 0 radical (unpaired) electrons. The Morgan fingerprint density at radius 2 is 1.97 bits per heavy atom. The van der Waals surface area contributed by atoms with Crippen LogP contribution < -0.4 is 20.5 Å². The van der Waals surface area contributed by atoms with Gasteiger partial charge in [0.2, 0.25) is 12.7 Å². The van der Waals surface area contributed by atoms with E-state index in [0.717, 1.165) is 12.8 Å². The second-order valence-corrected chi connectivity index (χ2v) is 9.60. The summed E-state index contributed by atoms with van der Waals surface area (Å²) in [6, 6.07) is 10.2.